The van der Waals surface area contributed by atoms with Crippen molar-refractivity contribution in [3.05, 3.63) is 36.5 Å². The van der Waals surface area contributed by atoms with Crippen LogP contribution in [-0.4, -0.2) is 6.54 Å². The molecule has 0 aromatic carbocycles. The topological polar surface area (TPSA) is 62.8 Å². The Balaban J connectivity index is 3.85. The van der Waals surface area contributed by atoms with Crippen molar-refractivity contribution < 1.29 is 0 Å². The lowest BCUT2D eigenvalue weighted by Crippen LogP contribution is -2.08. The molecule has 0 aromatic rings. The molecule has 0 heterocycles. The summed E-state index contributed by atoms with van der Waals surface area (Å²) >= 11 is 0. The molecule has 0 atom stereocenters. The summed E-state index contributed by atoms with van der Waals surface area (Å²) in [5.41, 5.74) is 3.77. The maximum Gasteiger partial charge on any atom is 0.0594 e. The molecule has 0 aliphatic heterocycles. The summed E-state index contributed by atoms with van der Waals surface area (Å²) < 4.78 is 0. The Bertz CT molecular complexity index is 203. The third-order valence-corrected chi connectivity index (χ3v) is 1.23. The molecule has 0 aliphatic carbocycles. The van der Waals surface area contributed by atoms with Crippen LogP contribution in [0.2, 0.25) is 0 Å². The van der Waals surface area contributed by atoms with Gasteiger partial charge in [-0.3, -0.25) is 5.43 Å². The van der Waals surface area contributed by atoms with Crippen molar-refractivity contribution in [3.8, 4) is 0 Å². The lowest BCUT2D eigenvalue weighted by Gasteiger charge is -1.98. The highest BCUT2D eigenvalue weighted by molar-refractivity contribution is 5.21. The maximum absolute atomic E-state index is 4.80. The monoisotopic (exact) mass is 166 g/mol. The fraction of sp³-hybridized carbons (Fsp3) is 0.250. The first-order valence-electron chi connectivity index (χ1n) is 3.62. The van der Waals surface area contributed by atoms with E-state index in [9.17, 15) is 0 Å². The summed E-state index contributed by atoms with van der Waals surface area (Å²) in [6.45, 7) is 6.13. The van der Waals surface area contributed by atoms with Crippen LogP contribution >= 0.6 is 0 Å². The van der Waals surface area contributed by atoms with Gasteiger partial charge in [0.15, 0.2) is 0 Å². The number of rotatable bonds is 5. The van der Waals surface area contributed by atoms with Gasteiger partial charge in [-0.25, -0.2) is 0 Å². The first-order chi connectivity index (χ1) is 5.85. The fourth-order valence-corrected chi connectivity index (χ4v) is 0.616. The van der Waals surface area contributed by atoms with E-state index in [-0.39, 0.29) is 0 Å². The summed E-state index contributed by atoms with van der Waals surface area (Å²) in [7, 11) is 0. The maximum atomic E-state index is 4.80. The Labute approximate surface area is 72.5 Å². The predicted molar refractivity (Wildman–Crippen MR) is 50.1 cm³/mol. The Kier molecular flexibility index (Phi) is 6.54. The number of allylic oxidation sites excluding steroid dienone is 3. The SMILES string of the molecule is C=C/C=C\C(=C/C)CN/N=N\N. The minimum Gasteiger partial charge on any atom is -0.303 e. The standard InChI is InChI=1S/C8H14N4/c1-3-5-6-8(4-2)7-10-12-11-9/h3-6H,1,7H2,2H3,(H2,9,12)(H,10,11)/b6-5-,8-4+. The summed E-state index contributed by atoms with van der Waals surface area (Å²) in [5, 5.41) is 6.48. The van der Waals surface area contributed by atoms with E-state index in [2.05, 4.69) is 22.5 Å². The molecule has 0 fully saturated rings. The first kappa shape index (κ1) is 10.4. The zero-order valence-corrected chi connectivity index (χ0v) is 7.20. The van der Waals surface area contributed by atoms with Gasteiger partial charge >= 0.3 is 0 Å². The van der Waals surface area contributed by atoms with Crippen LogP contribution in [0.3, 0.4) is 0 Å². The molecular weight excluding hydrogens is 152 g/mol. The van der Waals surface area contributed by atoms with Gasteiger partial charge in [0.1, 0.15) is 0 Å². The van der Waals surface area contributed by atoms with Crippen LogP contribution in [0.1, 0.15) is 6.92 Å². The van der Waals surface area contributed by atoms with Crippen molar-refractivity contribution in [1.29, 1.82) is 0 Å². The van der Waals surface area contributed by atoms with Gasteiger partial charge in [-0.2, -0.15) is 0 Å². The molecule has 12 heavy (non-hydrogen) atoms. The zero-order chi connectivity index (χ0) is 9.23. The average molecular weight is 166 g/mol. The van der Waals surface area contributed by atoms with Crippen LogP contribution in [0, 0.1) is 0 Å². The average Bonchev–Trinajstić information content (AvgIpc) is 2.11. The Hall–Kier alpha value is -1.58. The highest BCUT2D eigenvalue weighted by Crippen LogP contribution is 1.94. The van der Waals surface area contributed by atoms with E-state index in [4.69, 9.17) is 5.84 Å². The van der Waals surface area contributed by atoms with E-state index in [1.54, 1.807) is 6.08 Å². The van der Waals surface area contributed by atoms with Gasteiger partial charge in [-0.15, -0.1) is 0 Å². The van der Waals surface area contributed by atoms with Gasteiger partial charge in [0.2, 0.25) is 0 Å². The molecule has 0 unspecified atom stereocenters. The Morgan fingerprint density at radius 2 is 2.42 bits per heavy atom. The van der Waals surface area contributed by atoms with E-state index in [0.29, 0.717) is 6.54 Å². The minimum absolute atomic E-state index is 0.613. The van der Waals surface area contributed by atoms with E-state index < -0.39 is 0 Å². The van der Waals surface area contributed by atoms with Crippen LogP contribution in [0.5, 0.6) is 0 Å². The largest absolute Gasteiger partial charge is 0.303 e. The van der Waals surface area contributed by atoms with Gasteiger partial charge in [0, 0.05) is 0 Å². The van der Waals surface area contributed by atoms with E-state index in [1.165, 1.54) is 0 Å². The van der Waals surface area contributed by atoms with E-state index >= 15 is 0 Å². The van der Waals surface area contributed by atoms with Crippen LogP contribution in [0.4, 0.5) is 0 Å². The molecule has 0 saturated heterocycles. The molecule has 3 N–H and O–H groups in total. The second kappa shape index (κ2) is 7.53. The number of nitrogens with two attached hydrogens (primary N) is 1. The summed E-state index contributed by atoms with van der Waals surface area (Å²) in [5.74, 6) is 4.80. The molecule has 0 spiro atoms. The number of hydrogen-bond acceptors (Lipinski definition) is 2. The first-order valence-corrected chi connectivity index (χ1v) is 3.62. The van der Waals surface area contributed by atoms with Crippen LogP contribution in [0.15, 0.2) is 46.9 Å². The number of nitrogens with zero attached hydrogens (tertiary/aromatic N) is 2. The summed E-state index contributed by atoms with van der Waals surface area (Å²) in [4.78, 5) is 0. The lowest BCUT2D eigenvalue weighted by atomic mass is 10.2. The Morgan fingerprint density at radius 3 is 2.92 bits per heavy atom. The van der Waals surface area contributed by atoms with Crippen LogP contribution < -0.4 is 11.3 Å². The highest BCUT2D eigenvalue weighted by Gasteiger charge is 1.86. The molecule has 0 radical (unpaired) electrons. The fourth-order valence-electron chi connectivity index (χ4n) is 0.616. The smallest absolute Gasteiger partial charge is 0.0594 e. The molecule has 0 aliphatic rings. The molecule has 0 rings (SSSR count). The second-order valence-electron chi connectivity index (χ2n) is 2.01. The van der Waals surface area contributed by atoms with Crippen molar-refractivity contribution in [3.63, 3.8) is 0 Å². The van der Waals surface area contributed by atoms with Crippen molar-refractivity contribution >= 4 is 0 Å². The quantitative estimate of drug-likeness (QED) is 0.281. The van der Waals surface area contributed by atoms with Crippen molar-refractivity contribution in [2.45, 2.75) is 6.92 Å². The molecular formula is C8H14N4. The highest BCUT2D eigenvalue weighted by atomic mass is 15.5. The van der Waals surface area contributed by atoms with Crippen LogP contribution in [-0.2, 0) is 0 Å². The van der Waals surface area contributed by atoms with Gasteiger partial charge in [0.05, 0.1) is 6.54 Å². The number of hydrogen-bond donors (Lipinski definition) is 2. The molecule has 0 amide bonds. The van der Waals surface area contributed by atoms with Crippen molar-refractivity contribution in [2.24, 2.45) is 16.3 Å². The Morgan fingerprint density at radius 1 is 1.67 bits per heavy atom. The van der Waals surface area contributed by atoms with E-state index in [0.717, 1.165) is 5.57 Å². The molecule has 0 saturated carbocycles. The molecule has 0 aromatic heterocycles. The molecule has 66 valence electrons. The molecule has 0 bridgehead atoms. The van der Waals surface area contributed by atoms with Gasteiger partial charge in [-0.05, 0) is 12.5 Å². The minimum atomic E-state index is 0.613. The van der Waals surface area contributed by atoms with Gasteiger partial charge < -0.3 is 5.84 Å². The third kappa shape index (κ3) is 5.22. The normalized spacial score (nSPS) is 12.6. The summed E-state index contributed by atoms with van der Waals surface area (Å²) in [6, 6.07) is 0. The second-order valence-corrected chi connectivity index (χ2v) is 2.01. The van der Waals surface area contributed by atoms with E-state index in [1.807, 2.05) is 25.2 Å². The summed E-state index contributed by atoms with van der Waals surface area (Å²) in [6.07, 6.45) is 7.48. The van der Waals surface area contributed by atoms with Crippen molar-refractivity contribution in [2.75, 3.05) is 6.54 Å². The third-order valence-electron chi connectivity index (χ3n) is 1.23. The van der Waals surface area contributed by atoms with Crippen LogP contribution in [0.25, 0.3) is 0 Å². The molecule has 4 heteroatoms. The zero-order valence-electron chi connectivity index (χ0n) is 7.20. The van der Waals surface area contributed by atoms with Crippen molar-refractivity contribution in [1.82, 2.24) is 5.43 Å². The lowest BCUT2D eigenvalue weighted by molar-refractivity contribution is 0.724. The number of nitrogens with one attached hydrogen (secondary N) is 1. The van der Waals surface area contributed by atoms with Gasteiger partial charge in [-0.1, -0.05) is 41.3 Å². The predicted octanol–water partition coefficient (Wildman–Crippen LogP) is 1.51. The van der Waals surface area contributed by atoms with Gasteiger partial charge in [0.25, 0.3) is 0 Å². The molecule has 4 nitrogen and oxygen atoms in total.